The lowest BCUT2D eigenvalue weighted by Crippen LogP contribution is -2.38. The van der Waals surface area contributed by atoms with Crippen LogP contribution >= 0.6 is 16.1 Å². The van der Waals surface area contributed by atoms with E-state index in [2.05, 4.69) is 16.1 Å². The van der Waals surface area contributed by atoms with E-state index in [0.717, 1.165) is 0 Å². The van der Waals surface area contributed by atoms with Crippen LogP contribution in [0, 0.1) is 0 Å². The number of carbonyl (C=O) groups excluding carboxylic acids is 1. The highest BCUT2D eigenvalue weighted by Crippen LogP contribution is 2.26. The zero-order chi connectivity index (χ0) is 7.94. The van der Waals surface area contributed by atoms with E-state index in [1.165, 1.54) is 0 Å². The molecule has 1 fully saturated rings. The van der Waals surface area contributed by atoms with Crippen LogP contribution in [0.15, 0.2) is 0 Å². The number of carbonyl (C=O) groups is 1. The van der Waals surface area contributed by atoms with Crippen LogP contribution in [0.4, 0.5) is 0 Å². The Hall–Kier alpha value is -0.0900. The molecular weight excluding hydrogens is 196 g/mol. The first-order chi connectivity index (χ1) is 4.46. The summed E-state index contributed by atoms with van der Waals surface area (Å²) >= 11 is 3.31. The van der Waals surface area contributed by atoms with Crippen LogP contribution in [0.25, 0.3) is 0 Å². The molecule has 0 aliphatic carbocycles. The molecule has 0 radical (unpaired) electrons. The van der Waals surface area contributed by atoms with E-state index < -0.39 is 0 Å². The second-order valence-corrected chi connectivity index (χ2v) is 3.92. The molecule has 1 heterocycles. The average molecular weight is 207 g/mol. The fraction of sp³-hybridized carbons (Fsp3) is 0.833. The molecule has 0 bridgehead atoms. The Morgan fingerprint density at radius 1 is 1.60 bits per heavy atom. The number of hydrogen-bond donors (Lipinski definition) is 0. The molecule has 4 heteroatoms. The summed E-state index contributed by atoms with van der Waals surface area (Å²) in [6.07, 6.45) is 0. The van der Waals surface area contributed by atoms with Crippen LogP contribution in [0.2, 0.25) is 0 Å². The van der Waals surface area contributed by atoms with Gasteiger partial charge in [-0.25, -0.2) is 3.93 Å². The van der Waals surface area contributed by atoms with E-state index in [-0.39, 0.29) is 11.4 Å². The first kappa shape index (κ1) is 8.01. The van der Waals surface area contributed by atoms with Crippen molar-refractivity contribution in [2.45, 2.75) is 19.4 Å². The maximum absolute atomic E-state index is 11.3. The van der Waals surface area contributed by atoms with E-state index in [9.17, 15) is 4.79 Å². The molecule has 10 heavy (non-hydrogen) atoms. The minimum atomic E-state index is -0.380. The van der Waals surface area contributed by atoms with Crippen LogP contribution in [0.1, 0.15) is 13.8 Å². The zero-order valence-electron chi connectivity index (χ0n) is 6.39. The lowest BCUT2D eigenvalue weighted by atomic mass is 10.1. The van der Waals surface area contributed by atoms with E-state index >= 15 is 0 Å². The predicted molar refractivity (Wildman–Crippen MR) is 42.5 cm³/mol. The minimum absolute atomic E-state index is 0.157. The Labute approximate surface area is 69.3 Å². The third kappa shape index (κ3) is 0.953. The van der Waals surface area contributed by atoms with Crippen molar-refractivity contribution in [2.24, 2.45) is 0 Å². The summed E-state index contributed by atoms with van der Waals surface area (Å²) in [5.41, 5.74) is -0.380. The second kappa shape index (κ2) is 2.20. The number of likely N-dealkylation sites (N-methyl/N-ethyl adjacent to an activating group) is 1. The summed E-state index contributed by atoms with van der Waals surface area (Å²) in [6.45, 7) is 4.45. The van der Waals surface area contributed by atoms with Gasteiger partial charge in [-0.1, -0.05) is 0 Å². The first-order valence-electron chi connectivity index (χ1n) is 3.15. The van der Waals surface area contributed by atoms with Crippen molar-refractivity contribution in [3.63, 3.8) is 0 Å². The van der Waals surface area contributed by atoms with Gasteiger partial charge in [-0.15, -0.1) is 0 Å². The summed E-state index contributed by atoms with van der Waals surface area (Å²) in [7, 11) is 1.80. The fourth-order valence-corrected chi connectivity index (χ4v) is 1.49. The summed E-state index contributed by atoms with van der Waals surface area (Å²) in [4.78, 5) is 13.0. The molecule has 0 spiro atoms. The van der Waals surface area contributed by atoms with Gasteiger partial charge in [-0.05, 0) is 13.8 Å². The summed E-state index contributed by atoms with van der Waals surface area (Å²) in [5, 5.41) is 0. The molecule has 0 aromatic carbocycles. The molecule has 58 valence electrons. The Morgan fingerprint density at radius 2 is 2.10 bits per heavy atom. The van der Waals surface area contributed by atoms with Gasteiger partial charge in [0.15, 0.2) is 0 Å². The van der Waals surface area contributed by atoms with Gasteiger partial charge >= 0.3 is 0 Å². The van der Waals surface area contributed by atoms with Crippen LogP contribution in [-0.2, 0) is 4.79 Å². The second-order valence-electron chi connectivity index (χ2n) is 3.07. The minimum Gasteiger partial charge on any atom is -0.330 e. The lowest BCUT2D eigenvalue weighted by Gasteiger charge is -2.20. The highest BCUT2D eigenvalue weighted by molar-refractivity contribution is 9.07. The van der Waals surface area contributed by atoms with Crippen molar-refractivity contribution < 1.29 is 4.79 Å². The zero-order valence-corrected chi connectivity index (χ0v) is 7.97. The van der Waals surface area contributed by atoms with Gasteiger partial charge in [-0.3, -0.25) is 4.79 Å². The summed E-state index contributed by atoms with van der Waals surface area (Å²) in [6, 6.07) is 0. The van der Waals surface area contributed by atoms with Gasteiger partial charge in [0.2, 0.25) is 5.91 Å². The molecule has 1 rings (SSSR count). The monoisotopic (exact) mass is 206 g/mol. The predicted octanol–water partition coefficient (Wildman–Crippen LogP) is 0.806. The number of amides is 1. The van der Waals surface area contributed by atoms with Gasteiger partial charge in [0.25, 0.3) is 0 Å². The van der Waals surface area contributed by atoms with Gasteiger partial charge in [0, 0.05) is 23.2 Å². The van der Waals surface area contributed by atoms with Crippen LogP contribution in [-0.4, -0.2) is 34.0 Å². The molecule has 1 aliphatic heterocycles. The third-order valence-electron chi connectivity index (χ3n) is 1.81. The maximum Gasteiger partial charge on any atom is 0.244 e. The topological polar surface area (TPSA) is 23.6 Å². The molecule has 0 aromatic rings. The van der Waals surface area contributed by atoms with Crippen LogP contribution in [0.5, 0.6) is 0 Å². The highest BCUT2D eigenvalue weighted by Gasteiger charge is 2.42. The highest BCUT2D eigenvalue weighted by atomic mass is 79.9. The van der Waals surface area contributed by atoms with Crippen molar-refractivity contribution >= 4 is 22.1 Å². The third-order valence-corrected chi connectivity index (χ3v) is 2.92. The van der Waals surface area contributed by atoms with E-state index in [1.54, 1.807) is 11.9 Å². The van der Waals surface area contributed by atoms with Crippen molar-refractivity contribution in [1.82, 2.24) is 8.83 Å². The summed E-state index contributed by atoms with van der Waals surface area (Å²) < 4.78 is 1.85. The van der Waals surface area contributed by atoms with Gasteiger partial charge in [0.05, 0.1) is 6.67 Å². The van der Waals surface area contributed by atoms with Gasteiger partial charge < -0.3 is 4.90 Å². The Bertz CT molecular complexity index is 169. The molecular formula is C6H11BrN2O. The fourth-order valence-electron chi connectivity index (χ4n) is 0.998. The molecule has 0 atom stereocenters. The standard InChI is InChI=1S/C6H11BrN2O/c1-6(2)5(10)8(3)4-9(6)7/h4H2,1-3H3. The SMILES string of the molecule is CN1CN(Br)C(C)(C)C1=O. The van der Waals surface area contributed by atoms with Crippen LogP contribution in [0.3, 0.4) is 0 Å². The van der Waals surface area contributed by atoms with Crippen molar-refractivity contribution in [3.05, 3.63) is 0 Å². The van der Waals surface area contributed by atoms with E-state index in [4.69, 9.17) is 0 Å². The van der Waals surface area contributed by atoms with Gasteiger partial charge in [0.1, 0.15) is 5.54 Å². The van der Waals surface area contributed by atoms with Crippen molar-refractivity contribution in [2.75, 3.05) is 13.7 Å². The normalized spacial score (nSPS) is 26.0. The first-order valence-corrected chi connectivity index (χ1v) is 3.86. The van der Waals surface area contributed by atoms with E-state index in [0.29, 0.717) is 6.67 Å². The summed E-state index contributed by atoms with van der Waals surface area (Å²) in [5.74, 6) is 0.157. The van der Waals surface area contributed by atoms with Crippen molar-refractivity contribution in [1.29, 1.82) is 0 Å². The molecule has 3 nitrogen and oxygen atoms in total. The molecule has 1 saturated heterocycles. The Morgan fingerprint density at radius 3 is 2.20 bits per heavy atom. The molecule has 0 N–H and O–H groups in total. The maximum atomic E-state index is 11.3. The quantitative estimate of drug-likeness (QED) is 0.548. The number of rotatable bonds is 0. The molecule has 0 aromatic heterocycles. The molecule has 1 aliphatic rings. The van der Waals surface area contributed by atoms with Gasteiger partial charge in [-0.2, -0.15) is 0 Å². The number of nitrogens with zero attached hydrogens (tertiary/aromatic N) is 2. The Balaban J connectivity index is 2.85. The lowest BCUT2D eigenvalue weighted by molar-refractivity contribution is -0.130. The Kier molecular flexibility index (Phi) is 1.76. The largest absolute Gasteiger partial charge is 0.330 e. The number of halogens is 1. The average Bonchev–Trinajstić information content (AvgIpc) is 1.97. The molecule has 0 unspecified atom stereocenters. The van der Waals surface area contributed by atoms with E-state index in [1.807, 2.05) is 17.8 Å². The molecule has 1 amide bonds. The smallest absolute Gasteiger partial charge is 0.244 e. The molecule has 0 saturated carbocycles. The van der Waals surface area contributed by atoms with Crippen LogP contribution < -0.4 is 0 Å². The number of hydrogen-bond acceptors (Lipinski definition) is 2. The van der Waals surface area contributed by atoms with Crippen molar-refractivity contribution in [3.8, 4) is 0 Å².